The van der Waals surface area contributed by atoms with Crippen molar-refractivity contribution in [1.82, 2.24) is 4.72 Å². The highest BCUT2D eigenvalue weighted by molar-refractivity contribution is 7.97. The Balaban J connectivity index is 1.91. The minimum absolute atomic E-state index is 0.348. The van der Waals surface area contributed by atoms with Crippen molar-refractivity contribution in [3.63, 3.8) is 0 Å². The van der Waals surface area contributed by atoms with Crippen LogP contribution in [0.25, 0.3) is 11.8 Å². The maximum atomic E-state index is 11.9. The molecule has 3 N–H and O–H groups in total. The number of nitrogens with two attached hydrogens (primary N) is 1. The van der Waals surface area contributed by atoms with E-state index < -0.39 is 11.9 Å². The molecule has 0 radical (unpaired) electrons. The third kappa shape index (κ3) is 3.29. The van der Waals surface area contributed by atoms with Crippen molar-refractivity contribution in [2.24, 2.45) is 15.9 Å². The fourth-order valence-electron chi connectivity index (χ4n) is 2.12. The smallest absolute Gasteiger partial charge is 0.280 e. The molecular formula is C16H12N4O2S. The summed E-state index contributed by atoms with van der Waals surface area (Å²) in [5.74, 6) is -1.17. The zero-order valence-corrected chi connectivity index (χ0v) is 12.7. The Hall–Kier alpha value is -2.93. The summed E-state index contributed by atoms with van der Waals surface area (Å²) in [4.78, 5) is 26.4. The summed E-state index contributed by atoms with van der Waals surface area (Å²) >= 11 is 1.41. The highest BCUT2D eigenvalue weighted by Gasteiger charge is 2.15. The first-order valence-electron chi connectivity index (χ1n) is 6.73. The highest BCUT2D eigenvalue weighted by atomic mass is 32.2. The van der Waals surface area contributed by atoms with Crippen LogP contribution in [-0.4, -0.2) is 11.9 Å². The number of hydrogen-bond acceptors (Lipinski definition) is 4. The molecule has 114 valence electrons. The maximum absolute atomic E-state index is 11.9. The molecule has 2 aromatic carbocycles. The number of hydrogen-bond donors (Lipinski definition) is 2. The zero-order valence-electron chi connectivity index (χ0n) is 11.9. The third-order valence-corrected chi connectivity index (χ3v) is 4.12. The standard InChI is InChI=1S/C16H12N4O2S/c17-16(19-22)18-15(21)12-7-6-11-8-13(20-23-14(11)9-12)10-4-2-1-3-5-10/h1-9,20H,(H2,17,18,21). The van der Waals surface area contributed by atoms with Gasteiger partial charge in [0.25, 0.3) is 11.9 Å². The van der Waals surface area contributed by atoms with Crippen molar-refractivity contribution in [3.8, 4) is 0 Å². The monoisotopic (exact) mass is 324 g/mol. The largest absolute Gasteiger partial charge is 0.365 e. The molecule has 0 unspecified atom stereocenters. The molecule has 0 fully saturated rings. The van der Waals surface area contributed by atoms with Crippen molar-refractivity contribution in [2.45, 2.75) is 4.90 Å². The summed E-state index contributed by atoms with van der Waals surface area (Å²) in [6.07, 6.45) is 2.01. The number of nitrogens with zero attached hydrogens (tertiary/aromatic N) is 2. The predicted octanol–water partition coefficient (Wildman–Crippen LogP) is 3.02. The quantitative estimate of drug-likeness (QED) is 0.383. The van der Waals surface area contributed by atoms with E-state index in [1.54, 1.807) is 12.1 Å². The number of aliphatic imine (C=N–C) groups is 1. The number of nitrogens with one attached hydrogen (secondary N) is 1. The first-order chi connectivity index (χ1) is 11.2. The molecule has 1 aliphatic rings. The summed E-state index contributed by atoms with van der Waals surface area (Å²) in [6.45, 7) is 0. The molecule has 0 aromatic heterocycles. The first kappa shape index (κ1) is 15.0. The van der Waals surface area contributed by atoms with Crippen LogP contribution < -0.4 is 10.5 Å². The molecule has 0 bridgehead atoms. The minimum Gasteiger partial charge on any atom is -0.365 e. The van der Waals surface area contributed by atoms with Gasteiger partial charge in [0.05, 0.1) is 5.70 Å². The van der Waals surface area contributed by atoms with Crippen LogP contribution in [0.15, 0.2) is 63.6 Å². The summed E-state index contributed by atoms with van der Waals surface area (Å²) in [5, 5.41) is 2.41. The average Bonchev–Trinajstić information content (AvgIpc) is 2.61. The number of nitroso groups, excluding NO2 is 1. The number of guanidine groups is 1. The Morgan fingerprint density at radius 3 is 2.65 bits per heavy atom. The van der Waals surface area contributed by atoms with Gasteiger partial charge in [0.1, 0.15) is 0 Å². The molecule has 23 heavy (non-hydrogen) atoms. The van der Waals surface area contributed by atoms with Crippen LogP contribution in [-0.2, 0) is 0 Å². The molecule has 0 aliphatic carbocycles. The van der Waals surface area contributed by atoms with Crippen LogP contribution in [0, 0.1) is 4.91 Å². The van der Waals surface area contributed by atoms with Crippen LogP contribution in [0.3, 0.4) is 0 Å². The molecule has 0 saturated heterocycles. The van der Waals surface area contributed by atoms with Crippen molar-refractivity contribution in [1.29, 1.82) is 0 Å². The molecule has 7 heteroatoms. The molecule has 3 rings (SSSR count). The van der Waals surface area contributed by atoms with Gasteiger partial charge < -0.3 is 10.5 Å². The number of amides is 1. The zero-order chi connectivity index (χ0) is 16.2. The van der Waals surface area contributed by atoms with Gasteiger partial charge in [-0.25, -0.2) is 0 Å². The Morgan fingerprint density at radius 2 is 1.91 bits per heavy atom. The molecule has 0 spiro atoms. The van der Waals surface area contributed by atoms with Crippen LogP contribution in [0.2, 0.25) is 0 Å². The number of carbonyl (C=O) groups is 1. The first-order valence-corrected chi connectivity index (χ1v) is 7.55. The molecular weight excluding hydrogens is 312 g/mol. The topological polar surface area (TPSA) is 96.9 Å². The molecule has 2 aromatic rings. The third-order valence-electron chi connectivity index (χ3n) is 3.23. The van der Waals surface area contributed by atoms with Gasteiger partial charge >= 0.3 is 0 Å². The van der Waals surface area contributed by atoms with E-state index in [2.05, 4.69) is 14.9 Å². The second-order valence-electron chi connectivity index (χ2n) is 4.75. The number of carbonyl (C=O) groups excluding carboxylic acids is 1. The second kappa shape index (κ2) is 6.45. The van der Waals surface area contributed by atoms with E-state index in [0.29, 0.717) is 5.56 Å². The van der Waals surface area contributed by atoms with E-state index in [4.69, 9.17) is 5.73 Å². The molecule has 0 atom stereocenters. The summed E-state index contributed by atoms with van der Waals surface area (Å²) < 4.78 is 3.25. The van der Waals surface area contributed by atoms with Crippen molar-refractivity contribution < 1.29 is 4.79 Å². The van der Waals surface area contributed by atoms with Crippen molar-refractivity contribution >= 4 is 35.6 Å². The number of fused-ring (bicyclic) bond motifs is 1. The number of benzene rings is 2. The lowest BCUT2D eigenvalue weighted by atomic mass is 10.1. The Morgan fingerprint density at radius 1 is 1.13 bits per heavy atom. The number of rotatable bonds is 2. The van der Waals surface area contributed by atoms with E-state index in [0.717, 1.165) is 21.7 Å². The van der Waals surface area contributed by atoms with Gasteiger partial charge in [0, 0.05) is 15.6 Å². The minimum atomic E-state index is -0.594. The molecule has 0 saturated carbocycles. The van der Waals surface area contributed by atoms with Gasteiger partial charge in [0.2, 0.25) is 0 Å². The lowest BCUT2D eigenvalue weighted by molar-refractivity contribution is 0.100. The van der Waals surface area contributed by atoms with E-state index in [1.807, 2.05) is 42.5 Å². The van der Waals surface area contributed by atoms with Gasteiger partial charge in [-0.15, -0.1) is 4.91 Å². The summed E-state index contributed by atoms with van der Waals surface area (Å²) in [7, 11) is 0. The van der Waals surface area contributed by atoms with E-state index in [9.17, 15) is 9.70 Å². The Labute approximate surface area is 136 Å². The fourth-order valence-corrected chi connectivity index (χ4v) is 2.95. The predicted molar refractivity (Wildman–Crippen MR) is 91.5 cm³/mol. The maximum Gasteiger partial charge on any atom is 0.280 e. The second-order valence-corrected chi connectivity index (χ2v) is 5.60. The van der Waals surface area contributed by atoms with Gasteiger partial charge in [-0.3, -0.25) is 4.79 Å². The van der Waals surface area contributed by atoms with Crippen LogP contribution in [0.5, 0.6) is 0 Å². The normalized spacial score (nSPS) is 13.6. The van der Waals surface area contributed by atoms with Crippen LogP contribution in [0.4, 0.5) is 0 Å². The van der Waals surface area contributed by atoms with Gasteiger partial charge in [-0.05, 0) is 41.3 Å². The van der Waals surface area contributed by atoms with Gasteiger partial charge in [-0.2, -0.15) is 4.99 Å². The van der Waals surface area contributed by atoms with Gasteiger partial charge in [0.15, 0.2) is 0 Å². The van der Waals surface area contributed by atoms with E-state index >= 15 is 0 Å². The summed E-state index contributed by atoms with van der Waals surface area (Å²) in [5.41, 5.74) is 8.58. The van der Waals surface area contributed by atoms with Crippen molar-refractivity contribution in [2.75, 3.05) is 0 Å². The van der Waals surface area contributed by atoms with E-state index in [-0.39, 0.29) is 0 Å². The average molecular weight is 324 g/mol. The molecule has 1 amide bonds. The Kier molecular flexibility index (Phi) is 4.20. The van der Waals surface area contributed by atoms with Crippen LogP contribution in [0.1, 0.15) is 21.5 Å². The molecule has 1 aliphatic heterocycles. The van der Waals surface area contributed by atoms with Crippen LogP contribution >= 0.6 is 11.9 Å². The molecule has 6 nitrogen and oxygen atoms in total. The van der Waals surface area contributed by atoms with Crippen molar-refractivity contribution in [3.05, 3.63) is 70.1 Å². The highest BCUT2D eigenvalue weighted by Crippen LogP contribution is 2.32. The summed E-state index contributed by atoms with van der Waals surface area (Å²) in [6, 6.07) is 15.1. The fraction of sp³-hybridized carbons (Fsp3) is 0. The Bertz CT molecular complexity index is 831. The SMILES string of the molecule is NC(N=O)=NC(=O)c1ccc2c(c1)SNC(c1ccccc1)=C2. The molecule has 1 heterocycles. The van der Waals surface area contributed by atoms with E-state index in [1.165, 1.54) is 11.9 Å². The van der Waals surface area contributed by atoms with Gasteiger partial charge in [-0.1, -0.05) is 36.4 Å². The lowest BCUT2D eigenvalue weighted by Gasteiger charge is -2.18. The lowest BCUT2D eigenvalue weighted by Crippen LogP contribution is -2.11.